The summed E-state index contributed by atoms with van der Waals surface area (Å²) < 4.78 is 24.8. The fourth-order valence-corrected chi connectivity index (χ4v) is 1.46. The highest BCUT2D eigenvalue weighted by molar-refractivity contribution is 6.00. The molecule has 1 aromatic carbocycles. The SMILES string of the molecule is O=C1Cc2cccc(C(F)F)c2N1. The van der Waals surface area contributed by atoms with Crippen LogP contribution in [0.3, 0.4) is 0 Å². The van der Waals surface area contributed by atoms with Crippen molar-refractivity contribution >= 4 is 11.6 Å². The van der Waals surface area contributed by atoms with Crippen LogP contribution >= 0.6 is 0 Å². The molecule has 4 heteroatoms. The lowest BCUT2D eigenvalue weighted by atomic mass is 10.1. The highest BCUT2D eigenvalue weighted by Crippen LogP contribution is 2.33. The van der Waals surface area contributed by atoms with Crippen molar-refractivity contribution < 1.29 is 13.6 Å². The maximum absolute atomic E-state index is 12.4. The largest absolute Gasteiger partial charge is 0.325 e. The average molecular weight is 183 g/mol. The first kappa shape index (κ1) is 8.16. The zero-order chi connectivity index (χ0) is 9.42. The number of fused-ring (bicyclic) bond motifs is 1. The Kier molecular flexibility index (Phi) is 1.76. The van der Waals surface area contributed by atoms with Gasteiger partial charge in [-0.3, -0.25) is 4.79 Å². The van der Waals surface area contributed by atoms with E-state index >= 15 is 0 Å². The Balaban J connectivity index is 2.51. The first-order valence-corrected chi connectivity index (χ1v) is 3.88. The van der Waals surface area contributed by atoms with E-state index in [1.807, 2.05) is 0 Å². The molecule has 13 heavy (non-hydrogen) atoms. The molecule has 1 aliphatic rings. The van der Waals surface area contributed by atoms with E-state index in [0.29, 0.717) is 11.3 Å². The van der Waals surface area contributed by atoms with Gasteiger partial charge in [0.15, 0.2) is 0 Å². The number of amides is 1. The van der Waals surface area contributed by atoms with Crippen LogP contribution in [0.5, 0.6) is 0 Å². The van der Waals surface area contributed by atoms with E-state index in [1.54, 1.807) is 12.1 Å². The van der Waals surface area contributed by atoms with E-state index in [4.69, 9.17) is 0 Å². The van der Waals surface area contributed by atoms with Crippen molar-refractivity contribution in [3.63, 3.8) is 0 Å². The van der Waals surface area contributed by atoms with Crippen molar-refractivity contribution in [2.75, 3.05) is 5.32 Å². The minimum absolute atomic E-state index is 0.0941. The van der Waals surface area contributed by atoms with Gasteiger partial charge in [-0.15, -0.1) is 0 Å². The number of rotatable bonds is 1. The molecule has 0 spiro atoms. The van der Waals surface area contributed by atoms with Crippen molar-refractivity contribution in [3.8, 4) is 0 Å². The Labute approximate surface area is 73.6 Å². The molecule has 0 aliphatic carbocycles. The highest BCUT2D eigenvalue weighted by Gasteiger charge is 2.23. The quantitative estimate of drug-likeness (QED) is 0.709. The lowest BCUT2D eigenvalue weighted by Gasteiger charge is -2.05. The second kappa shape index (κ2) is 2.80. The normalized spacial score (nSPS) is 14.5. The predicted octanol–water partition coefficient (Wildman–Crippen LogP) is 2.12. The molecule has 0 bridgehead atoms. The topological polar surface area (TPSA) is 29.1 Å². The van der Waals surface area contributed by atoms with Crippen molar-refractivity contribution in [1.29, 1.82) is 0 Å². The summed E-state index contributed by atoms with van der Waals surface area (Å²) in [5, 5.41) is 2.43. The molecule has 1 aliphatic heterocycles. The van der Waals surface area contributed by atoms with Crippen LogP contribution < -0.4 is 5.32 Å². The van der Waals surface area contributed by atoms with Gasteiger partial charge in [-0.2, -0.15) is 0 Å². The third-order valence-corrected chi connectivity index (χ3v) is 2.03. The molecule has 68 valence electrons. The van der Waals surface area contributed by atoms with Gasteiger partial charge in [0.25, 0.3) is 6.43 Å². The molecule has 1 N–H and O–H groups in total. The van der Waals surface area contributed by atoms with Gasteiger partial charge in [-0.1, -0.05) is 18.2 Å². The van der Waals surface area contributed by atoms with Crippen molar-refractivity contribution in [1.82, 2.24) is 0 Å². The second-order valence-electron chi connectivity index (χ2n) is 2.91. The van der Waals surface area contributed by atoms with Crippen LogP contribution in [0.25, 0.3) is 0 Å². The molecule has 0 saturated heterocycles. The van der Waals surface area contributed by atoms with Crippen molar-refractivity contribution in [3.05, 3.63) is 29.3 Å². The number of carbonyl (C=O) groups is 1. The van der Waals surface area contributed by atoms with Gasteiger partial charge in [-0.25, -0.2) is 8.78 Å². The summed E-state index contributed by atoms with van der Waals surface area (Å²) in [6, 6.07) is 4.55. The summed E-state index contributed by atoms with van der Waals surface area (Å²) in [6.07, 6.45) is -2.33. The van der Waals surface area contributed by atoms with Crippen molar-refractivity contribution in [2.45, 2.75) is 12.8 Å². The van der Waals surface area contributed by atoms with E-state index in [1.165, 1.54) is 6.07 Å². The third-order valence-electron chi connectivity index (χ3n) is 2.03. The highest BCUT2D eigenvalue weighted by atomic mass is 19.3. The van der Waals surface area contributed by atoms with Gasteiger partial charge in [0.2, 0.25) is 5.91 Å². The Morgan fingerprint density at radius 1 is 1.38 bits per heavy atom. The smallest absolute Gasteiger partial charge is 0.265 e. The minimum atomic E-state index is -2.53. The van der Waals surface area contributed by atoms with E-state index in [0.717, 1.165) is 0 Å². The summed E-state index contributed by atoms with van der Waals surface area (Å²) in [6.45, 7) is 0. The number of carbonyl (C=O) groups excluding carboxylic acids is 1. The molecule has 0 fully saturated rings. The van der Waals surface area contributed by atoms with Crippen LogP contribution in [0.15, 0.2) is 18.2 Å². The molecule has 1 aromatic rings. The Bertz CT molecular complexity index is 363. The summed E-state index contributed by atoms with van der Waals surface area (Å²) in [4.78, 5) is 10.9. The number of anilines is 1. The minimum Gasteiger partial charge on any atom is -0.325 e. The zero-order valence-corrected chi connectivity index (χ0v) is 6.68. The lowest BCUT2D eigenvalue weighted by Crippen LogP contribution is -2.05. The number of para-hydroxylation sites is 1. The first-order valence-electron chi connectivity index (χ1n) is 3.88. The molecular weight excluding hydrogens is 176 g/mol. The Hall–Kier alpha value is -1.45. The van der Waals surface area contributed by atoms with Crippen LogP contribution in [-0.2, 0) is 11.2 Å². The third kappa shape index (κ3) is 1.28. The summed E-state index contributed by atoms with van der Waals surface area (Å²) in [5.74, 6) is -0.219. The van der Waals surface area contributed by atoms with Crippen LogP contribution in [0.4, 0.5) is 14.5 Å². The van der Waals surface area contributed by atoms with Crippen LogP contribution in [-0.4, -0.2) is 5.91 Å². The Morgan fingerprint density at radius 2 is 2.15 bits per heavy atom. The summed E-state index contributed by atoms with van der Waals surface area (Å²) in [7, 11) is 0. The Morgan fingerprint density at radius 3 is 2.85 bits per heavy atom. The number of benzene rings is 1. The number of alkyl halides is 2. The summed E-state index contributed by atoms with van der Waals surface area (Å²) in [5.41, 5.74) is 0.855. The van der Waals surface area contributed by atoms with E-state index < -0.39 is 6.43 Å². The molecule has 0 radical (unpaired) electrons. The van der Waals surface area contributed by atoms with E-state index in [2.05, 4.69) is 5.32 Å². The number of halogens is 2. The second-order valence-corrected chi connectivity index (χ2v) is 2.91. The monoisotopic (exact) mass is 183 g/mol. The first-order chi connectivity index (χ1) is 6.18. The van der Waals surface area contributed by atoms with Gasteiger partial charge in [0.1, 0.15) is 0 Å². The van der Waals surface area contributed by atoms with Crippen LogP contribution in [0.1, 0.15) is 17.6 Å². The zero-order valence-electron chi connectivity index (χ0n) is 6.68. The lowest BCUT2D eigenvalue weighted by molar-refractivity contribution is -0.115. The predicted molar refractivity (Wildman–Crippen MR) is 43.7 cm³/mol. The fourth-order valence-electron chi connectivity index (χ4n) is 1.46. The van der Waals surface area contributed by atoms with Gasteiger partial charge in [0, 0.05) is 5.56 Å². The average Bonchev–Trinajstić information content (AvgIpc) is 2.43. The van der Waals surface area contributed by atoms with Gasteiger partial charge in [-0.05, 0) is 5.56 Å². The number of nitrogens with one attached hydrogen (secondary N) is 1. The molecule has 0 unspecified atom stereocenters. The standard InChI is InChI=1S/C9H7F2NO/c10-9(11)6-3-1-2-5-4-7(13)12-8(5)6/h1-3,9H,4H2,(H,12,13). The molecule has 0 aromatic heterocycles. The number of hydrogen-bond donors (Lipinski definition) is 1. The molecule has 2 rings (SSSR count). The molecule has 2 nitrogen and oxygen atoms in total. The van der Waals surface area contributed by atoms with Gasteiger partial charge >= 0.3 is 0 Å². The molecule has 0 atom stereocenters. The summed E-state index contributed by atoms with van der Waals surface area (Å²) >= 11 is 0. The molecule has 1 amide bonds. The van der Waals surface area contributed by atoms with Crippen molar-refractivity contribution in [2.24, 2.45) is 0 Å². The molecular formula is C9H7F2NO. The number of hydrogen-bond acceptors (Lipinski definition) is 1. The fraction of sp³-hybridized carbons (Fsp3) is 0.222. The van der Waals surface area contributed by atoms with E-state index in [9.17, 15) is 13.6 Å². The molecule has 0 saturated carbocycles. The van der Waals surface area contributed by atoms with Gasteiger partial charge in [0.05, 0.1) is 12.1 Å². The maximum atomic E-state index is 12.4. The van der Waals surface area contributed by atoms with Crippen LogP contribution in [0, 0.1) is 0 Å². The van der Waals surface area contributed by atoms with Gasteiger partial charge < -0.3 is 5.32 Å². The maximum Gasteiger partial charge on any atom is 0.265 e. The molecule has 1 heterocycles. The van der Waals surface area contributed by atoms with Crippen LogP contribution in [0.2, 0.25) is 0 Å². The van der Waals surface area contributed by atoms with E-state index in [-0.39, 0.29) is 17.9 Å².